The van der Waals surface area contributed by atoms with Gasteiger partial charge in [-0.15, -0.1) is 0 Å². The molecule has 1 saturated heterocycles. The van der Waals surface area contributed by atoms with E-state index in [1.165, 1.54) is 35.7 Å². The van der Waals surface area contributed by atoms with Gasteiger partial charge in [-0.05, 0) is 54.8 Å². The van der Waals surface area contributed by atoms with Crippen molar-refractivity contribution in [1.29, 1.82) is 0 Å². The van der Waals surface area contributed by atoms with E-state index in [0.717, 1.165) is 24.8 Å². The van der Waals surface area contributed by atoms with Crippen LogP contribution in [0.2, 0.25) is 0 Å². The molecule has 1 fully saturated rings. The fourth-order valence-electron chi connectivity index (χ4n) is 3.19. The van der Waals surface area contributed by atoms with Gasteiger partial charge in [0, 0.05) is 25.2 Å². The van der Waals surface area contributed by atoms with Crippen LogP contribution in [0.1, 0.15) is 45.5 Å². The van der Waals surface area contributed by atoms with Gasteiger partial charge < -0.3 is 10.1 Å². The molecule has 2 aromatic rings. The summed E-state index contributed by atoms with van der Waals surface area (Å²) >= 11 is 0. The third-order valence-corrected chi connectivity index (χ3v) is 6.81. The zero-order valence-electron chi connectivity index (χ0n) is 16.3. The predicted octanol–water partition coefficient (Wildman–Crippen LogP) is 2.58. The maximum atomic E-state index is 12.7. The number of carbonyl (C=O) groups is 2. The Labute approximate surface area is 170 Å². The quantitative estimate of drug-likeness (QED) is 0.731. The Kier molecular flexibility index (Phi) is 6.66. The molecule has 29 heavy (non-hydrogen) atoms. The minimum Gasteiger partial charge on any atom is -0.465 e. The Morgan fingerprint density at radius 3 is 2.10 bits per heavy atom. The number of methoxy groups -OCH3 is 1. The first-order chi connectivity index (χ1) is 13.9. The minimum atomic E-state index is -3.51. The second kappa shape index (κ2) is 9.19. The number of benzene rings is 2. The number of rotatable bonds is 6. The van der Waals surface area contributed by atoms with Gasteiger partial charge in [0.05, 0.1) is 17.6 Å². The second-order valence-corrected chi connectivity index (χ2v) is 8.80. The van der Waals surface area contributed by atoms with Crippen LogP contribution in [0.5, 0.6) is 0 Å². The lowest BCUT2D eigenvalue weighted by Gasteiger charge is -2.25. The number of ether oxygens (including phenoxy) is 1. The maximum absolute atomic E-state index is 12.7. The monoisotopic (exact) mass is 416 g/mol. The summed E-state index contributed by atoms with van der Waals surface area (Å²) in [7, 11) is -2.19. The molecule has 8 heteroatoms. The molecule has 3 rings (SSSR count). The van der Waals surface area contributed by atoms with Crippen LogP contribution in [0.15, 0.2) is 53.4 Å². The Morgan fingerprint density at radius 1 is 0.931 bits per heavy atom. The highest BCUT2D eigenvalue weighted by Gasteiger charge is 2.25. The molecule has 1 aliphatic rings. The smallest absolute Gasteiger partial charge is 0.337 e. The highest BCUT2D eigenvalue weighted by molar-refractivity contribution is 7.89. The van der Waals surface area contributed by atoms with Crippen LogP contribution in [0.4, 0.5) is 0 Å². The van der Waals surface area contributed by atoms with Crippen molar-refractivity contribution in [1.82, 2.24) is 9.62 Å². The molecule has 1 N–H and O–H groups in total. The number of nitrogens with zero attached hydrogens (tertiary/aromatic N) is 1. The van der Waals surface area contributed by atoms with Gasteiger partial charge in [0.15, 0.2) is 0 Å². The van der Waals surface area contributed by atoms with Crippen molar-refractivity contribution in [3.63, 3.8) is 0 Å². The summed E-state index contributed by atoms with van der Waals surface area (Å²) < 4.78 is 31.5. The van der Waals surface area contributed by atoms with Crippen LogP contribution < -0.4 is 5.32 Å². The largest absolute Gasteiger partial charge is 0.465 e. The molecule has 0 saturated carbocycles. The summed E-state index contributed by atoms with van der Waals surface area (Å²) in [5.74, 6) is -0.718. The van der Waals surface area contributed by atoms with Crippen molar-refractivity contribution in [2.75, 3.05) is 20.2 Å². The van der Waals surface area contributed by atoms with Gasteiger partial charge in [-0.1, -0.05) is 18.6 Å². The van der Waals surface area contributed by atoms with E-state index < -0.39 is 16.0 Å². The first kappa shape index (κ1) is 21.0. The second-order valence-electron chi connectivity index (χ2n) is 6.86. The standard InChI is InChI=1S/C21H24N2O5S/c1-28-21(25)18-7-5-16(6-8-18)15-22-20(24)17-9-11-19(12-10-17)29(26,27)23-13-3-2-4-14-23/h5-12H,2-4,13-15H2,1H3,(H,22,24). The number of hydrogen-bond donors (Lipinski definition) is 1. The molecule has 154 valence electrons. The molecule has 1 amide bonds. The van der Waals surface area contributed by atoms with Gasteiger partial charge in [-0.25, -0.2) is 13.2 Å². The average molecular weight is 416 g/mol. The summed E-state index contributed by atoms with van der Waals surface area (Å²) in [6.07, 6.45) is 2.80. The molecule has 0 aliphatic carbocycles. The normalized spacial score (nSPS) is 14.9. The number of nitrogens with one attached hydrogen (secondary N) is 1. The summed E-state index contributed by atoms with van der Waals surface area (Å²) in [5.41, 5.74) is 1.65. The highest BCUT2D eigenvalue weighted by Crippen LogP contribution is 2.21. The summed E-state index contributed by atoms with van der Waals surface area (Å²) in [6, 6.07) is 12.7. The number of sulfonamides is 1. The molecule has 0 radical (unpaired) electrons. The van der Waals surface area contributed by atoms with Crippen LogP contribution in [0, 0.1) is 0 Å². The van der Waals surface area contributed by atoms with E-state index in [2.05, 4.69) is 10.1 Å². The van der Waals surface area contributed by atoms with E-state index in [9.17, 15) is 18.0 Å². The van der Waals surface area contributed by atoms with Crippen LogP contribution in [-0.2, 0) is 21.3 Å². The molecule has 0 atom stereocenters. The summed E-state index contributed by atoms with van der Waals surface area (Å²) in [4.78, 5) is 24.0. The number of hydrogen-bond acceptors (Lipinski definition) is 5. The number of esters is 1. The van der Waals surface area contributed by atoms with E-state index in [1.807, 2.05) is 0 Å². The van der Waals surface area contributed by atoms with E-state index in [0.29, 0.717) is 24.2 Å². The van der Waals surface area contributed by atoms with E-state index >= 15 is 0 Å². The van der Waals surface area contributed by atoms with Gasteiger partial charge in [0.1, 0.15) is 0 Å². The zero-order chi connectivity index (χ0) is 20.9. The Morgan fingerprint density at radius 2 is 1.52 bits per heavy atom. The van der Waals surface area contributed by atoms with Crippen molar-refractivity contribution in [2.24, 2.45) is 0 Å². The zero-order valence-corrected chi connectivity index (χ0v) is 17.1. The third kappa shape index (κ3) is 5.02. The number of piperidine rings is 1. The highest BCUT2D eigenvalue weighted by atomic mass is 32.2. The van der Waals surface area contributed by atoms with Gasteiger partial charge in [0.25, 0.3) is 5.91 Å². The maximum Gasteiger partial charge on any atom is 0.337 e. The van der Waals surface area contributed by atoms with Crippen molar-refractivity contribution in [3.8, 4) is 0 Å². The molecule has 0 spiro atoms. The van der Waals surface area contributed by atoms with E-state index in [1.54, 1.807) is 24.3 Å². The molecule has 0 aromatic heterocycles. The van der Waals surface area contributed by atoms with Crippen molar-refractivity contribution in [2.45, 2.75) is 30.7 Å². The Bertz CT molecular complexity index is 963. The van der Waals surface area contributed by atoms with Crippen LogP contribution >= 0.6 is 0 Å². The van der Waals surface area contributed by atoms with E-state index in [-0.39, 0.29) is 17.3 Å². The van der Waals surface area contributed by atoms with Crippen molar-refractivity contribution in [3.05, 3.63) is 65.2 Å². The molecule has 1 heterocycles. The Hall–Kier alpha value is -2.71. The molecule has 2 aromatic carbocycles. The first-order valence-electron chi connectivity index (χ1n) is 9.47. The lowest BCUT2D eigenvalue weighted by molar-refractivity contribution is 0.0600. The van der Waals surface area contributed by atoms with Gasteiger partial charge in [-0.2, -0.15) is 4.31 Å². The van der Waals surface area contributed by atoms with Crippen LogP contribution in [-0.4, -0.2) is 44.8 Å². The van der Waals surface area contributed by atoms with Crippen LogP contribution in [0.3, 0.4) is 0 Å². The lowest BCUT2D eigenvalue weighted by Crippen LogP contribution is -2.35. The predicted molar refractivity (Wildman–Crippen MR) is 108 cm³/mol. The molecule has 7 nitrogen and oxygen atoms in total. The lowest BCUT2D eigenvalue weighted by atomic mass is 10.1. The average Bonchev–Trinajstić information content (AvgIpc) is 2.78. The third-order valence-electron chi connectivity index (χ3n) is 4.90. The molecule has 0 unspecified atom stereocenters. The number of amides is 1. The van der Waals surface area contributed by atoms with Gasteiger partial charge in [-0.3, -0.25) is 4.79 Å². The molecule has 0 bridgehead atoms. The molecule has 1 aliphatic heterocycles. The van der Waals surface area contributed by atoms with Crippen molar-refractivity contribution < 1.29 is 22.7 Å². The SMILES string of the molecule is COC(=O)c1ccc(CNC(=O)c2ccc(S(=O)(=O)N3CCCCC3)cc2)cc1. The topological polar surface area (TPSA) is 92.8 Å². The van der Waals surface area contributed by atoms with Crippen LogP contribution in [0.25, 0.3) is 0 Å². The first-order valence-corrected chi connectivity index (χ1v) is 10.9. The van der Waals surface area contributed by atoms with Gasteiger partial charge in [0.2, 0.25) is 10.0 Å². The summed E-state index contributed by atoms with van der Waals surface area (Å²) in [5, 5.41) is 2.78. The summed E-state index contributed by atoms with van der Waals surface area (Å²) in [6.45, 7) is 1.37. The number of carbonyl (C=O) groups excluding carboxylic acids is 2. The molecular weight excluding hydrogens is 392 g/mol. The fourth-order valence-corrected chi connectivity index (χ4v) is 4.71. The van der Waals surface area contributed by atoms with Crippen molar-refractivity contribution >= 4 is 21.9 Å². The fraction of sp³-hybridized carbons (Fsp3) is 0.333. The Balaban J connectivity index is 1.61. The van der Waals surface area contributed by atoms with E-state index in [4.69, 9.17) is 0 Å². The minimum absolute atomic E-state index is 0.203. The molecular formula is C21H24N2O5S. The van der Waals surface area contributed by atoms with Gasteiger partial charge >= 0.3 is 5.97 Å².